The molecule has 1 rings (SSSR count). The second-order valence-corrected chi connectivity index (χ2v) is 7.02. The Morgan fingerprint density at radius 2 is 1.95 bits per heavy atom. The molecule has 0 aromatic heterocycles. The number of benzene rings is 1. The summed E-state index contributed by atoms with van der Waals surface area (Å²) in [6, 6.07) is 4.70. The van der Waals surface area contributed by atoms with Crippen LogP contribution in [0, 0.1) is 0 Å². The highest BCUT2D eigenvalue weighted by Gasteiger charge is 2.27. The molecule has 118 valence electrons. The van der Waals surface area contributed by atoms with E-state index in [4.69, 9.17) is 9.47 Å². The molecule has 0 bridgehead atoms. The fourth-order valence-electron chi connectivity index (χ4n) is 1.60. The molecule has 0 fully saturated rings. The minimum absolute atomic E-state index is 0.00511. The maximum absolute atomic E-state index is 12.5. The first-order valence-corrected chi connectivity index (χ1v) is 8.60. The molecule has 0 N–H and O–H groups in total. The Kier molecular flexibility index (Phi) is 6.63. The van der Waals surface area contributed by atoms with Gasteiger partial charge in [-0.05, 0) is 32.0 Å². The van der Waals surface area contributed by atoms with Gasteiger partial charge in [0.15, 0.2) is 0 Å². The van der Waals surface area contributed by atoms with Crippen molar-refractivity contribution in [3.8, 4) is 5.75 Å². The van der Waals surface area contributed by atoms with Crippen LogP contribution in [0.3, 0.4) is 0 Å². The van der Waals surface area contributed by atoms with Gasteiger partial charge in [-0.25, -0.2) is 8.42 Å². The first-order valence-electron chi connectivity index (χ1n) is 6.37. The van der Waals surface area contributed by atoms with Crippen LogP contribution in [-0.2, 0) is 19.6 Å². The number of hydrogen-bond acceptors (Lipinski definition) is 5. The van der Waals surface area contributed by atoms with Gasteiger partial charge in [0.05, 0.1) is 13.2 Å². The van der Waals surface area contributed by atoms with Crippen molar-refractivity contribution in [1.29, 1.82) is 0 Å². The zero-order valence-corrected chi connectivity index (χ0v) is 14.5. The number of rotatable bonds is 7. The van der Waals surface area contributed by atoms with Crippen molar-refractivity contribution in [3.05, 3.63) is 22.7 Å². The third-order valence-corrected chi connectivity index (χ3v) is 4.87. The first kappa shape index (κ1) is 17.9. The predicted octanol–water partition coefficient (Wildman–Crippen LogP) is 2.03. The molecule has 8 heteroatoms. The number of hydrogen-bond donors (Lipinski definition) is 0. The fourth-order valence-corrected chi connectivity index (χ4v) is 3.38. The van der Waals surface area contributed by atoms with Gasteiger partial charge in [-0.1, -0.05) is 15.9 Å². The fraction of sp³-hybridized carbons (Fsp3) is 0.462. The molecule has 0 aliphatic heterocycles. The van der Waals surface area contributed by atoms with Crippen LogP contribution in [0.25, 0.3) is 0 Å². The number of nitrogens with zero attached hydrogens (tertiary/aromatic N) is 1. The topological polar surface area (TPSA) is 72.9 Å². The lowest BCUT2D eigenvalue weighted by Gasteiger charge is -2.18. The number of esters is 1. The Balaban J connectivity index is 3.11. The van der Waals surface area contributed by atoms with E-state index in [9.17, 15) is 13.2 Å². The highest BCUT2D eigenvalue weighted by molar-refractivity contribution is 9.10. The summed E-state index contributed by atoms with van der Waals surface area (Å²) in [5, 5.41) is 0. The van der Waals surface area contributed by atoms with Gasteiger partial charge in [-0.3, -0.25) is 4.79 Å². The standard InChI is InChI=1S/C13H18BrNO5S/c1-4-19-11-7-6-10(14)8-12(11)21(17,18)15(3)9-13(16)20-5-2/h6-8H,4-5,9H2,1-3H3. The van der Waals surface area contributed by atoms with Crippen LogP contribution in [0.1, 0.15) is 13.8 Å². The van der Waals surface area contributed by atoms with E-state index >= 15 is 0 Å². The Bertz CT molecular complexity index is 603. The minimum Gasteiger partial charge on any atom is -0.492 e. The van der Waals surface area contributed by atoms with Gasteiger partial charge < -0.3 is 9.47 Å². The second-order valence-electron chi connectivity index (χ2n) is 4.09. The highest BCUT2D eigenvalue weighted by atomic mass is 79.9. The average molecular weight is 380 g/mol. The van der Waals surface area contributed by atoms with E-state index in [-0.39, 0.29) is 23.8 Å². The summed E-state index contributed by atoms with van der Waals surface area (Å²) in [4.78, 5) is 11.4. The van der Waals surface area contributed by atoms with Crippen molar-refractivity contribution in [1.82, 2.24) is 4.31 Å². The molecule has 0 radical (unpaired) electrons. The Morgan fingerprint density at radius 1 is 1.29 bits per heavy atom. The maximum Gasteiger partial charge on any atom is 0.321 e. The lowest BCUT2D eigenvalue weighted by Crippen LogP contribution is -2.33. The highest BCUT2D eigenvalue weighted by Crippen LogP contribution is 2.29. The van der Waals surface area contributed by atoms with Gasteiger partial charge in [0.1, 0.15) is 17.2 Å². The van der Waals surface area contributed by atoms with Crippen LogP contribution >= 0.6 is 15.9 Å². The lowest BCUT2D eigenvalue weighted by molar-refractivity contribution is -0.143. The van der Waals surface area contributed by atoms with Crippen LogP contribution in [0.4, 0.5) is 0 Å². The van der Waals surface area contributed by atoms with Gasteiger partial charge in [0.25, 0.3) is 0 Å². The summed E-state index contributed by atoms with van der Waals surface area (Å²) in [5.41, 5.74) is 0. The molecule has 0 unspecified atom stereocenters. The summed E-state index contributed by atoms with van der Waals surface area (Å²) in [7, 11) is -2.53. The van der Waals surface area contributed by atoms with Crippen molar-refractivity contribution in [2.45, 2.75) is 18.7 Å². The van der Waals surface area contributed by atoms with Gasteiger partial charge in [-0.2, -0.15) is 4.31 Å². The Morgan fingerprint density at radius 3 is 2.52 bits per heavy atom. The number of carbonyl (C=O) groups is 1. The van der Waals surface area contributed by atoms with E-state index in [1.54, 1.807) is 26.0 Å². The number of halogens is 1. The summed E-state index contributed by atoms with van der Waals surface area (Å²) in [6.07, 6.45) is 0. The molecule has 0 spiro atoms. The van der Waals surface area contributed by atoms with Gasteiger partial charge in [-0.15, -0.1) is 0 Å². The number of likely N-dealkylation sites (N-methyl/N-ethyl adjacent to an activating group) is 1. The molecule has 0 atom stereocenters. The summed E-state index contributed by atoms with van der Waals surface area (Å²) in [5.74, 6) is -0.354. The summed E-state index contributed by atoms with van der Waals surface area (Å²) in [6.45, 7) is 3.61. The number of sulfonamides is 1. The number of carbonyl (C=O) groups excluding carboxylic acids is 1. The quantitative estimate of drug-likeness (QED) is 0.677. The van der Waals surface area contributed by atoms with E-state index < -0.39 is 16.0 Å². The third-order valence-electron chi connectivity index (χ3n) is 2.55. The van der Waals surface area contributed by atoms with Crippen LogP contribution in [0.5, 0.6) is 5.75 Å². The van der Waals surface area contributed by atoms with Crippen molar-refractivity contribution in [2.75, 3.05) is 26.8 Å². The van der Waals surface area contributed by atoms with Crippen molar-refractivity contribution < 1.29 is 22.7 Å². The normalized spacial score (nSPS) is 11.5. The molecular formula is C13H18BrNO5S. The second kappa shape index (κ2) is 7.77. The van der Waals surface area contributed by atoms with E-state index in [2.05, 4.69) is 15.9 Å². The van der Waals surface area contributed by atoms with E-state index in [0.717, 1.165) is 4.31 Å². The smallest absolute Gasteiger partial charge is 0.321 e. The van der Waals surface area contributed by atoms with Crippen molar-refractivity contribution in [3.63, 3.8) is 0 Å². The first-order chi connectivity index (χ1) is 9.82. The zero-order chi connectivity index (χ0) is 16.0. The SMILES string of the molecule is CCOC(=O)CN(C)S(=O)(=O)c1cc(Br)ccc1OCC. The summed E-state index contributed by atoms with van der Waals surface area (Å²) >= 11 is 3.23. The molecule has 21 heavy (non-hydrogen) atoms. The molecule has 0 saturated carbocycles. The molecule has 0 aliphatic rings. The molecule has 6 nitrogen and oxygen atoms in total. The monoisotopic (exact) mass is 379 g/mol. The third kappa shape index (κ3) is 4.69. The van der Waals surface area contributed by atoms with Crippen LogP contribution in [0.2, 0.25) is 0 Å². The number of ether oxygens (including phenoxy) is 2. The molecule has 0 saturated heterocycles. The van der Waals surface area contributed by atoms with E-state index in [0.29, 0.717) is 11.1 Å². The van der Waals surface area contributed by atoms with Gasteiger partial charge >= 0.3 is 5.97 Å². The van der Waals surface area contributed by atoms with Crippen LogP contribution in [0.15, 0.2) is 27.6 Å². The molecule has 0 aliphatic carbocycles. The Hall–Kier alpha value is -1.12. The van der Waals surface area contributed by atoms with Gasteiger partial charge in [0.2, 0.25) is 10.0 Å². The molecule has 0 amide bonds. The zero-order valence-electron chi connectivity index (χ0n) is 12.1. The molecule has 1 aromatic carbocycles. The van der Waals surface area contributed by atoms with E-state index in [1.807, 2.05) is 0 Å². The minimum atomic E-state index is -3.85. The van der Waals surface area contributed by atoms with E-state index in [1.165, 1.54) is 13.1 Å². The molecule has 1 aromatic rings. The average Bonchev–Trinajstić information content (AvgIpc) is 2.41. The van der Waals surface area contributed by atoms with Crippen LogP contribution in [-0.4, -0.2) is 45.5 Å². The van der Waals surface area contributed by atoms with Crippen molar-refractivity contribution >= 4 is 31.9 Å². The van der Waals surface area contributed by atoms with Crippen molar-refractivity contribution in [2.24, 2.45) is 0 Å². The van der Waals surface area contributed by atoms with Gasteiger partial charge in [0, 0.05) is 11.5 Å². The molecule has 0 heterocycles. The lowest BCUT2D eigenvalue weighted by atomic mass is 10.3. The molecular weight excluding hydrogens is 362 g/mol. The summed E-state index contributed by atoms with van der Waals surface area (Å²) < 4.78 is 36.7. The predicted molar refractivity (Wildman–Crippen MR) is 81.8 cm³/mol. The maximum atomic E-state index is 12.5. The Labute approximate surface area is 133 Å². The largest absolute Gasteiger partial charge is 0.492 e. The van der Waals surface area contributed by atoms with Crippen LogP contribution < -0.4 is 4.74 Å².